The Hall–Kier alpha value is -3.37. The summed E-state index contributed by atoms with van der Waals surface area (Å²) in [7, 11) is -4.03. The van der Waals surface area contributed by atoms with E-state index in [0.29, 0.717) is 19.1 Å². The molecule has 1 saturated carbocycles. The molecule has 0 radical (unpaired) electrons. The average Bonchev–Trinajstić information content (AvgIpc) is 3.43. The number of fused-ring (bicyclic) bond motifs is 1. The molecule has 3 aliphatic rings. The molecule has 0 bridgehead atoms. The van der Waals surface area contributed by atoms with Crippen LogP contribution in [0.4, 0.5) is 0 Å². The number of hydrogen-bond donors (Lipinski definition) is 3. The van der Waals surface area contributed by atoms with E-state index in [1.807, 2.05) is 25.1 Å². The molecule has 202 valence electrons. The Bertz CT molecular complexity index is 1320. The first-order valence-corrected chi connectivity index (χ1v) is 14.6. The zero-order valence-corrected chi connectivity index (χ0v) is 22.3. The second-order valence-corrected chi connectivity index (χ2v) is 12.0. The number of benzene rings is 2. The molecule has 2 aliphatic heterocycles. The van der Waals surface area contributed by atoms with Gasteiger partial charge in [-0.15, -0.1) is 0 Å². The van der Waals surface area contributed by atoms with Crippen LogP contribution >= 0.6 is 0 Å². The van der Waals surface area contributed by atoms with Crippen LogP contribution in [0.5, 0.6) is 5.75 Å². The minimum absolute atomic E-state index is 0.0597. The third-order valence-corrected chi connectivity index (χ3v) is 9.23. The lowest BCUT2D eigenvalue weighted by Gasteiger charge is -2.32. The lowest BCUT2D eigenvalue weighted by atomic mass is 9.98. The first kappa shape index (κ1) is 26.2. The number of sulfonamides is 1. The summed E-state index contributed by atoms with van der Waals surface area (Å²) < 4.78 is 33.5. The third kappa shape index (κ3) is 5.71. The summed E-state index contributed by atoms with van der Waals surface area (Å²) in [5, 5.41) is 9.13. The Morgan fingerprint density at radius 2 is 1.87 bits per heavy atom. The van der Waals surface area contributed by atoms with Gasteiger partial charge < -0.3 is 20.7 Å². The van der Waals surface area contributed by atoms with Gasteiger partial charge in [0.1, 0.15) is 11.8 Å². The largest absolute Gasteiger partial charge is 0.493 e. The Balaban J connectivity index is 1.26. The van der Waals surface area contributed by atoms with E-state index in [1.165, 1.54) is 50.2 Å². The zero-order chi connectivity index (χ0) is 26.7. The maximum atomic E-state index is 13.3. The number of rotatable bonds is 8. The number of hydrogen-bond acceptors (Lipinski definition) is 6. The van der Waals surface area contributed by atoms with E-state index in [1.54, 1.807) is 12.1 Å². The van der Waals surface area contributed by atoms with Gasteiger partial charge in [-0.05, 0) is 43.5 Å². The fourth-order valence-corrected chi connectivity index (χ4v) is 6.74. The van der Waals surface area contributed by atoms with E-state index >= 15 is 0 Å². The highest BCUT2D eigenvalue weighted by Crippen LogP contribution is 2.33. The van der Waals surface area contributed by atoms with Crippen molar-refractivity contribution in [1.82, 2.24) is 20.3 Å². The Morgan fingerprint density at radius 3 is 2.63 bits per heavy atom. The number of aryl methyl sites for hydroxylation is 1. The van der Waals surface area contributed by atoms with Gasteiger partial charge in [-0.3, -0.25) is 13.9 Å². The Kier molecular flexibility index (Phi) is 7.71. The molecule has 0 unspecified atom stereocenters. The van der Waals surface area contributed by atoms with E-state index in [-0.39, 0.29) is 17.4 Å². The van der Waals surface area contributed by atoms with Gasteiger partial charge in [0.05, 0.1) is 24.0 Å². The van der Waals surface area contributed by atoms with Crippen molar-refractivity contribution in [3.63, 3.8) is 0 Å². The van der Waals surface area contributed by atoms with Crippen LogP contribution in [-0.4, -0.2) is 43.2 Å². The molecule has 3 N–H and O–H groups in total. The van der Waals surface area contributed by atoms with Crippen molar-refractivity contribution in [2.24, 2.45) is 0 Å². The molecule has 1 aliphatic carbocycles. The molecule has 2 aromatic carbocycles. The summed E-state index contributed by atoms with van der Waals surface area (Å²) in [6.07, 6.45) is 7.83. The smallest absolute Gasteiger partial charge is 0.264 e. The minimum atomic E-state index is -4.03. The van der Waals surface area contributed by atoms with Crippen LogP contribution in [0.15, 0.2) is 59.8 Å². The van der Waals surface area contributed by atoms with Crippen molar-refractivity contribution in [1.29, 1.82) is 0 Å². The Labute approximate surface area is 223 Å². The maximum absolute atomic E-state index is 13.3. The molecule has 9 nitrogen and oxygen atoms in total. The normalized spacial score (nSPS) is 21.5. The van der Waals surface area contributed by atoms with E-state index in [0.717, 1.165) is 33.3 Å². The molecule has 10 heteroatoms. The van der Waals surface area contributed by atoms with Gasteiger partial charge in [0.15, 0.2) is 0 Å². The molecule has 2 heterocycles. The number of nitrogens with zero attached hydrogens (tertiary/aromatic N) is 1. The summed E-state index contributed by atoms with van der Waals surface area (Å²) in [5.74, 6) is -0.214. The highest BCUT2D eigenvalue weighted by atomic mass is 32.2. The maximum Gasteiger partial charge on any atom is 0.264 e. The molecule has 2 amide bonds. The fraction of sp³-hybridized carbons (Fsp3) is 0.429. The van der Waals surface area contributed by atoms with Gasteiger partial charge in [-0.1, -0.05) is 42.7 Å². The summed E-state index contributed by atoms with van der Waals surface area (Å²) in [6.45, 7) is 3.09. The predicted octanol–water partition coefficient (Wildman–Crippen LogP) is 3.02. The van der Waals surface area contributed by atoms with Gasteiger partial charge >= 0.3 is 0 Å². The van der Waals surface area contributed by atoms with Gasteiger partial charge in [0.25, 0.3) is 10.0 Å². The molecule has 0 aromatic heterocycles. The number of carbonyl (C=O) groups excluding carboxylic acids is 2. The monoisotopic (exact) mass is 538 g/mol. The van der Waals surface area contributed by atoms with Gasteiger partial charge in [0, 0.05) is 37.0 Å². The molecule has 38 heavy (non-hydrogen) atoms. The van der Waals surface area contributed by atoms with Crippen molar-refractivity contribution in [2.75, 3.05) is 6.61 Å². The second-order valence-electron chi connectivity index (χ2n) is 10.2. The molecule has 0 saturated heterocycles. The fourth-order valence-electron chi connectivity index (χ4n) is 5.29. The first-order valence-electron chi connectivity index (χ1n) is 13.2. The highest BCUT2D eigenvalue weighted by Gasteiger charge is 2.37. The SMILES string of the molecule is Cc1ccc(S(=O)(=O)N2C=CNC(=O)[C@H]2CC(=O)N[C@@H]2CCOc3cc(CNC4CCCC4)ccc32)cc1. The third-order valence-electron chi connectivity index (χ3n) is 7.43. The van der Waals surface area contributed by atoms with Crippen molar-refractivity contribution in [2.45, 2.75) is 75.0 Å². The van der Waals surface area contributed by atoms with Gasteiger partial charge in [0.2, 0.25) is 11.8 Å². The van der Waals surface area contributed by atoms with Crippen LogP contribution in [0.25, 0.3) is 0 Å². The molecule has 5 rings (SSSR count). The van der Waals surface area contributed by atoms with Crippen LogP contribution in [0.3, 0.4) is 0 Å². The standard InChI is InChI=1S/C28H34N4O5S/c1-19-6-9-22(10-7-19)38(35,36)32-14-13-29-28(34)25(32)17-27(33)31-24-12-15-37-26-16-20(8-11-23(24)26)18-30-21-4-2-3-5-21/h6-11,13-14,16,21,24-25,30H,2-5,12,15,17-18H2,1H3,(H,29,34)(H,31,33)/t24-,25-/m1/s1. The summed E-state index contributed by atoms with van der Waals surface area (Å²) in [5.41, 5.74) is 2.93. The molecular weight excluding hydrogens is 504 g/mol. The van der Waals surface area contributed by atoms with Crippen LogP contribution in [0, 0.1) is 6.92 Å². The van der Waals surface area contributed by atoms with Crippen molar-refractivity contribution in [3.05, 3.63) is 71.6 Å². The van der Waals surface area contributed by atoms with Crippen molar-refractivity contribution >= 4 is 21.8 Å². The minimum Gasteiger partial charge on any atom is -0.493 e. The zero-order valence-electron chi connectivity index (χ0n) is 21.5. The molecule has 2 atom stereocenters. The lowest BCUT2D eigenvalue weighted by molar-refractivity contribution is -0.129. The van der Waals surface area contributed by atoms with Crippen molar-refractivity contribution < 1.29 is 22.7 Å². The summed E-state index contributed by atoms with van der Waals surface area (Å²) in [6, 6.07) is 11.5. The number of carbonyl (C=O) groups is 2. The quantitative estimate of drug-likeness (QED) is 0.476. The topological polar surface area (TPSA) is 117 Å². The highest BCUT2D eigenvalue weighted by molar-refractivity contribution is 7.89. The summed E-state index contributed by atoms with van der Waals surface area (Å²) >= 11 is 0. The van der Waals surface area contributed by atoms with Gasteiger partial charge in [-0.25, -0.2) is 8.42 Å². The van der Waals surface area contributed by atoms with Crippen LogP contribution < -0.4 is 20.7 Å². The number of amides is 2. The number of ether oxygens (including phenoxy) is 1. The Morgan fingerprint density at radius 1 is 1.11 bits per heavy atom. The molecule has 0 spiro atoms. The lowest BCUT2D eigenvalue weighted by Crippen LogP contribution is -2.51. The molecular formula is C28H34N4O5S. The van der Waals surface area contributed by atoms with Crippen LogP contribution in [0.1, 0.15) is 61.3 Å². The van der Waals surface area contributed by atoms with Crippen LogP contribution in [0.2, 0.25) is 0 Å². The van der Waals surface area contributed by atoms with Gasteiger partial charge in [-0.2, -0.15) is 0 Å². The number of nitrogens with one attached hydrogen (secondary N) is 3. The van der Waals surface area contributed by atoms with Crippen molar-refractivity contribution in [3.8, 4) is 5.75 Å². The average molecular weight is 539 g/mol. The van der Waals surface area contributed by atoms with E-state index in [9.17, 15) is 18.0 Å². The van der Waals surface area contributed by atoms with E-state index in [4.69, 9.17) is 4.74 Å². The molecule has 2 aromatic rings. The van der Waals surface area contributed by atoms with E-state index in [2.05, 4.69) is 16.0 Å². The van der Waals surface area contributed by atoms with E-state index < -0.39 is 27.9 Å². The predicted molar refractivity (Wildman–Crippen MR) is 142 cm³/mol. The molecule has 1 fully saturated rings. The van der Waals surface area contributed by atoms with Crippen LogP contribution in [-0.2, 0) is 26.2 Å². The second kappa shape index (κ2) is 11.2. The summed E-state index contributed by atoms with van der Waals surface area (Å²) in [4.78, 5) is 25.9. The first-order chi connectivity index (χ1) is 18.3.